The lowest BCUT2D eigenvalue weighted by Gasteiger charge is -2.16. The van der Waals surface area contributed by atoms with Crippen molar-refractivity contribution in [1.82, 2.24) is 5.32 Å². The van der Waals surface area contributed by atoms with Crippen molar-refractivity contribution in [2.45, 2.75) is 45.7 Å². The number of halogens is 1. The summed E-state index contributed by atoms with van der Waals surface area (Å²) in [6, 6.07) is 6.41. The Morgan fingerprint density at radius 2 is 2.00 bits per heavy atom. The average Bonchev–Trinajstić information content (AvgIpc) is 2.80. The third kappa shape index (κ3) is 2.70. The van der Waals surface area contributed by atoms with Crippen molar-refractivity contribution < 1.29 is 4.39 Å². The molecule has 18 heavy (non-hydrogen) atoms. The maximum Gasteiger partial charge on any atom is 0.129 e. The van der Waals surface area contributed by atoms with Crippen LogP contribution in [0.4, 0.5) is 4.39 Å². The summed E-state index contributed by atoms with van der Waals surface area (Å²) < 4.78 is 13.5. The molecule has 0 spiro atoms. The molecule has 1 saturated carbocycles. The van der Waals surface area contributed by atoms with Crippen molar-refractivity contribution in [2.24, 2.45) is 5.92 Å². The first-order chi connectivity index (χ1) is 8.61. The van der Waals surface area contributed by atoms with Crippen molar-refractivity contribution >= 4 is 0 Å². The van der Waals surface area contributed by atoms with Crippen molar-refractivity contribution in [2.75, 3.05) is 0 Å². The van der Waals surface area contributed by atoms with E-state index in [9.17, 15) is 4.39 Å². The lowest BCUT2D eigenvalue weighted by molar-refractivity contribution is 0.464. The van der Waals surface area contributed by atoms with E-state index >= 15 is 0 Å². The monoisotopic (exact) mass is 246 g/mol. The van der Waals surface area contributed by atoms with Crippen molar-refractivity contribution in [3.05, 3.63) is 34.6 Å². The van der Waals surface area contributed by atoms with Gasteiger partial charge in [-0.25, -0.2) is 4.39 Å². The molecule has 1 N–H and O–H groups in total. The van der Waals surface area contributed by atoms with Gasteiger partial charge in [-0.3, -0.25) is 0 Å². The summed E-state index contributed by atoms with van der Waals surface area (Å²) in [4.78, 5) is 0. The van der Waals surface area contributed by atoms with Crippen LogP contribution in [-0.2, 0) is 6.54 Å². The van der Waals surface area contributed by atoms with E-state index in [0.29, 0.717) is 23.7 Å². The van der Waals surface area contributed by atoms with Gasteiger partial charge < -0.3 is 5.32 Å². The Labute approximate surface area is 108 Å². The topological polar surface area (TPSA) is 35.8 Å². The molecule has 0 saturated heterocycles. The zero-order valence-electron chi connectivity index (χ0n) is 11.0. The van der Waals surface area contributed by atoms with Crippen LogP contribution in [0.25, 0.3) is 0 Å². The summed E-state index contributed by atoms with van der Waals surface area (Å²) in [6.07, 6.45) is 3.18. The van der Waals surface area contributed by atoms with Crippen LogP contribution in [0.3, 0.4) is 0 Å². The molecule has 0 heterocycles. The molecule has 0 aromatic heterocycles. The summed E-state index contributed by atoms with van der Waals surface area (Å²) in [5.41, 5.74) is 2.47. The molecule has 2 nitrogen and oxygen atoms in total. The quantitative estimate of drug-likeness (QED) is 0.888. The Hall–Kier alpha value is -1.40. The fraction of sp³-hybridized carbons (Fsp3) is 0.533. The van der Waals surface area contributed by atoms with Gasteiger partial charge in [-0.1, -0.05) is 18.6 Å². The molecule has 0 bridgehead atoms. The Morgan fingerprint density at radius 3 is 2.61 bits per heavy atom. The fourth-order valence-corrected chi connectivity index (χ4v) is 2.75. The molecule has 0 aliphatic heterocycles. The Bertz CT molecular complexity index is 453. The minimum Gasteiger partial charge on any atom is -0.309 e. The van der Waals surface area contributed by atoms with Crippen LogP contribution < -0.4 is 5.32 Å². The molecule has 1 fully saturated rings. The smallest absolute Gasteiger partial charge is 0.129 e. The van der Waals surface area contributed by atoms with Crippen LogP contribution >= 0.6 is 0 Å². The number of rotatable bonds is 3. The summed E-state index contributed by atoms with van der Waals surface area (Å²) in [5, 5.41) is 12.4. The lowest BCUT2D eigenvalue weighted by atomic mass is 10.0. The molecule has 3 heteroatoms. The second kappa shape index (κ2) is 5.49. The highest BCUT2D eigenvalue weighted by Gasteiger charge is 2.26. The van der Waals surface area contributed by atoms with Gasteiger partial charge in [0.15, 0.2) is 0 Å². The molecule has 2 rings (SSSR count). The summed E-state index contributed by atoms with van der Waals surface area (Å²) in [6.45, 7) is 4.30. The molecule has 0 radical (unpaired) electrons. The number of hydrogen-bond acceptors (Lipinski definition) is 2. The molecule has 1 aliphatic carbocycles. The predicted molar refractivity (Wildman–Crippen MR) is 69.5 cm³/mol. The van der Waals surface area contributed by atoms with Gasteiger partial charge in [0.25, 0.3) is 0 Å². The van der Waals surface area contributed by atoms with E-state index in [-0.39, 0.29) is 11.7 Å². The fourth-order valence-electron chi connectivity index (χ4n) is 2.75. The number of nitrogens with one attached hydrogen (secondary N) is 1. The number of benzene rings is 1. The predicted octanol–water partition coefficient (Wildman–Crippen LogP) is 3.22. The van der Waals surface area contributed by atoms with Crippen molar-refractivity contribution in [3.63, 3.8) is 0 Å². The van der Waals surface area contributed by atoms with Gasteiger partial charge in [0.05, 0.1) is 12.0 Å². The van der Waals surface area contributed by atoms with Gasteiger partial charge in [-0.05, 0) is 43.4 Å². The molecule has 96 valence electrons. The van der Waals surface area contributed by atoms with Crippen LogP contribution in [0.2, 0.25) is 0 Å². The molecule has 1 aromatic carbocycles. The first kappa shape index (κ1) is 13.0. The van der Waals surface area contributed by atoms with Crippen molar-refractivity contribution in [3.8, 4) is 6.07 Å². The minimum atomic E-state index is -0.116. The van der Waals surface area contributed by atoms with E-state index in [1.54, 1.807) is 13.8 Å². The maximum atomic E-state index is 13.5. The third-order valence-electron chi connectivity index (χ3n) is 3.75. The van der Waals surface area contributed by atoms with Gasteiger partial charge in [-0.2, -0.15) is 5.26 Å². The highest BCUT2D eigenvalue weighted by Crippen LogP contribution is 2.25. The van der Waals surface area contributed by atoms with Crippen LogP contribution in [0.5, 0.6) is 0 Å². The SMILES string of the molecule is Cc1cc(CNC2CCCC2C#N)cc(C)c1F. The number of nitriles is 1. The van der Waals surface area contributed by atoms with E-state index in [1.165, 1.54) is 0 Å². The normalized spacial score (nSPS) is 23.0. The van der Waals surface area contributed by atoms with Crippen molar-refractivity contribution in [1.29, 1.82) is 5.26 Å². The van der Waals surface area contributed by atoms with Gasteiger partial charge in [0.2, 0.25) is 0 Å². The number of aryl methyl sites for hydroxylation is 2. The largest absolute Gasteiger partial charge is 0.309 e. The maximum absolute atomic E-state index is 13.5. The molecule has 2 atom stereocenters. The van der Waals surface area contributed by atoms with E-state index in [4.69, 9.17) is 5.26 Å². The minimum absolute atomic E-state index is 0.116. The summed E-state index contributed by atoms with van der Waals surface area (Å²) >= 11 is 0. The van der Waals surface area contributed by atoms with E-state index < -0.39 is 0 Å². The Balaban J connectivity index is 2.01. The summed E-state index contributed by atoms with van der Waals surface area (Å²) in [7, 11) is 0. The van der Waals surface area contributed by atoms with E-state index in [2.05, 4.69) is 11.4 Å². The zero-order valence-corrected chi connectivity index (χ0v) is 11.0. The molecule has 1 aliphatic rings. The number of hydrogen-bond donors (Lipinski definition) is 1. The van der Waals surface area contributed by atoms with Gasteiger partial charge >= 0.3 is 0 Å². The first-order valence-electron chi connectivity index (χ1n) is 6.50. The lowest BCUT2D eigenvalue weighted by Crippen LogP contribution is -2.31. The van der Waals surface area contributed by atoms with Crippen LogP contribution in [0.15, 0.2) is 12.1 Å². The molecular formula is C15H19FN2. The first-order valence-corrected chi connectivity index (χ1v) is 6.50. The second-order valence-corrected chi connectivity index (χ2v) is 5.20. The average molecular weight is 246 g/mol. The van der Waals surface area contributed by atoms with E-state index in [1.807, 2.05) is 12.1 Å². The molecule has 1 aromatic rings. The molecular weight excluding hydrogens is 227 g/mol. The second-order valence-electron chi connectivity index (χ2n) is 5.20. The standard InChI is InChI=1S/C15H19FN2/c1-10-6-12(7-11(2)15(10)16)9-18-14-5-3-4-13(14)8-17/h6-7,13-14,18H,3-5,9H2,1-2H3. The highest BCUT2D eigenvalue weighted by atomic mass is 19.1. The summed E-state index contributed by atoms with van der Waals surface area (Å²) in [5.74, 6) is 0.0159. The number of nitrogens with zero attached hydrogens (tertiary/aromatic N) is 1. The molecule has 2 unspecified atom stereocenters. The van der Waals surface area contributed by atoms with Gasteiger partial charge in [0, 0.05) is 12.6 Å². The third-order valence-corrected chi connectivity index (χ3v) is 3.75. The molecule has 0 amide bonds. The van der Waals surface area contributed by atoms with Gasteiger partial charge in [-0.15, -0.1) is 0 Å². The highest BCUT2D eigenvalue weighted by molar-refractivity contribution is 5.30. The van der Waals surface area contributed by atoms with E-state index in [0.717, 1.165) is 24.8 Å². The zero-order chi connectivity index (χ0) is 13.1. The van der Waals surface area contributed by atoms with Crippen LogP contribution in [0.1, 0.15) is 36.0 Å². The Kier molecular flexibility index (Phi) is 3.98. The van der Waals surface area contributed by atoms with Gasteiger partial charge in [0.1, 0.15) is 5.82 Å². The van der Waals surface area contributed by atoms with Crippen LogP contribution in [-0.4, -0.2) is 6.04 Å². The Morgan fingerprint density at radius 1 is 1.33 bits per heavy atom. The van der Waals surface area contributed by atoms with Crippen LogP contribution in [0, 0.1) is 36.9 Å².